The zero-order valence-electron chi connectivity index (χ0n) is 18.7. The molecule has 1 N–H and O–H groups in total. The number of amides is 3. The Labute approximate surface area is 183 Å². The molecule has 3 amide bonds. The van der Waals surface area contributed by atoms with Gasteiger partial charge in [-0.2, -0.15) is 5.48 Å². The van der Waals surface area contributed by atoms with Crippen molar-refractivity contribution in [2.75, 3.05) is 32.6 Å². The molecule has 2 aliphatic carbocycles. The van der Waals surface area contributed by atoms with Crippen molar-refractivity contribution in [2.45, 2.75) is 45.6 Å². The van der Waals surface area contributed by atoms with Gasteiger partial charge in [-0.15, -0.1) is 0 Å². The molecule has 3 rings (SSSR count). The highest BCUT2D eigenvalue weighted by atomic mass is 31.2. The van der Waals surface area contributed by atoms with Crippen LogP contribution in [0.25, 0.3) is 0 Å². The number of ether oxygens (including phenoxy) is 1. The van der Waals surface area contributed by atoms with Gasteiger partial charge < -0.3 is 9.26 Å². The molecule has 2 fully saturated rings. The predicted molar refractivity (Wildman–Crippen MR) is 113 cm³/mol. The second kappa shape index (κ2) is 9.43. The van der Waals surface area contributed by atoms with Crippen LogP contribution in [-0.4, -0.2) is 61.0 Å². The summed E-state index contributed by atoms with van der Waals surface area (Å²) in [5, 5.41) is 0. The summed E-state index contributed by atoms with van der Waals surface area (Å²) < 4.78 is 23.2. The molecule has 0 aromatic rings. The van der Waals surface area contributed by atoms with Crippen LogP contribution in [0.15, 0.2) is 12.2 Å². The topological polar surface area (TPSA) is 111 Å². The molecular formula is C21H33N2O7P. The molecular weight excluding hydrogens is 423 g/mol. The fourth-order valence-electron chi connectivity index (χ4n) is 4.74. The van der Waals surface area contributed by atoms with Gasteiger partial charge in [-0.1, -0.05) is 12.2 Å². The van der Waals surface area contributed by atoms with Crippen LogP contribution < -0.4 is 5.48 Å². The summed E-state index contributed by atoms with van der Waals surface area (Å²) in [4.78, 5) is 43.3. The van der Waals surface area contributed by atoms with Crippen LogP contribution in [0.5, 0.6) is 0 Å². The summed E-state index contributed by atoms with van der Waals surface area (Å²) in [5.41, 5.74) is 1.57. The molecule has 1 heterocycles. The van der Waals surface area contributed by atoms with Gasteiger partial charge in [0, 0.05) is 26.0 Å². The van der Waals surface area contributed by atoms with E-state index in [-0.39, 0.29) is 61.0 Å². The number of hydrogen-bond acceptors (Lipinski definition) is 7. The molecule has 174 valence electrons. The van der Waals surface area contributed by atoms with Crippen molar-refractivity contribution in [1.29, 1.82) is 0 Å². The summed E-state index contributed by atoms with van der Waals surface area (Å²) in [5.74, 6) is -0.189. The van der Waals surface area contributed by atoms with E-state index in [1.165, 1.54) is 12.0 Å². The number of likely N-dealkylation sites (tertiary alicyclic amines) is 1. The number of nitrogens with one attached hydrogen (secondary N) is 1. The van der Waals surface area contributed by atoms with Crippen LogP contribution in [0.2, 0.25) is 0 Å². The Kier molecular flexibility index (Phi) is 7.28. The van der Waals surface area contributed by atoms with Crippen molar-refractivity contribution < 1.29 is 33.0 Å². The minimum absolute atomic E-state index is 0.0827. The normalized spacial score (nSPS) is 28.7. The number of hydrogen-bond donors (Lipinski definition) is 1. The highest BCUT2D eigenvalue weighted by molar-refractivity contribution is 7.58. The van der Waals surface area contributed by atoms with E-state index >= 15 is 0 Å². The lowest BCUT2D eigenvalue weighted by molar-refractivity contribution is -0.140. The fourth-order valence-corrected chi connectivity index (χ4v) is 6.56. The van der Waals surface area contributed by atoms with Crippen molar-refractivity contribution in [3.8, 4) is 0 Å². The zero-order valence-corrected chi connectivity index (χ0v) is 19.6. The summed E-state index contributed by atoms with van der Waals surface area (Å²) in [6.45, 7) is 5.68. The highest BCUT2D eigenvalue weighted by Crippen LogP contribution is 2.53. The lowest BCUT2D eigenvalue weighted by Crippen LogP contribution is -2.34. The average molecular weight is 456 g/mol. The van der Waals surface area contributed by atoms with E-state index in [1.54, 1.807) is 20.8 Å². The molecule has 1 saturated carbocycles. The molecule has 4 unspecified atom stereocenters. The SMILES string of the molecule is COP(=O)(CCCONC(=O)OC(C)(C)C)CCCN1C(=O)C2C3C=CC(C3)[C@H]2C1=O. The monoisotopic (exact) mass is 456 g/mol. The lowest BCUT2D eigenvalue weighted by atomic mass is 9.85. The van der Waals surface area contributed by atoms with Crippen molar-refractivity contribution >= 4 is 25.3 Å². The van der Waals surface area contributed by atoms with E-state index < -0.39 is 19.1 Å². The van der Waals surface area contributed by atoms with Crippen molar-refractivity contribution in [2.24, 2.45) is 23.7 Å². The van der Waals surface area contributed by atoms with Crippen LogP contribution in [0.1, 0.15) is 40.0 Å². The van der Waals surface area contributed by atoms with Gasteiger partial charge in [0.05, 0.1) is 18.4 Å². The number of fused-ring (bicyclic) bond motifs is 5. The van der Waals surface area contributed by atoms with Crippen LogP contribution in [-0.2, 0) is 28.3 Å². The first-order valence-electron chi connectivity index (χ1n) is 10.8. The third-order valence-corrected chi connectivity index (χ3v) is 8.74. The van der Waals surface area contributed by atoms with Crippen molar-refractivity contribution in [3.63, 3.8) is 0 Å². The van der Waals surface area contributed by atoms with Gasteiger partial charge in [0.15, 0.2) is 0 Å². The number of carbonyl (C=O) groups is 3. The van der Waals surface area contributed by atoms with E-state index in [9.17, 15) is 18.9 Å². The van der Waals surface area contributed by atoms with E-state index in [2.05, 4.69) is 17.6 Å². The summed E-state index contributed by atoms with van der Waals surface area (Å²) >= 11 is 0. The first kappa shape index (κ1) is 24.0. The molecule has 1 saturated heterocycles. The Morgan fingerprint density at radius 1 is 1.13 bits per heavy atom. The van der Waals surface area contributed by atoms with E-state index in [0.717, 1.165) is 6.42 Å². The van der Waals surface area contributed by atoms with Gasteiger partial charge in [-0.05, 0) is 51.9 Å². The largest absolute Gasteiger partial charge is 0.442 e. The smallest absolute Gasteiger partial charge is 0.431 e. The second-order valence-electron chi connectivity index (χ2n) is 9.43. The van der Waals surface area contributed by atoms with Gasteiger partial charge in [0.25, 0.3) is 0 Å². The summed E-state index contributed by atoms with van der Waals surface area (Å²) in [6, 6.07) is 0. The third-order valence-electron chi connectivity index (χ3n) is 6.07. The molecule has 0 radical (unpaired) electrons. The first-order chi connectivity index (χ1) is 14.5. The van der Waals surface area contributed by atoms with Crippen LogP contribution in [0.4, 0.5) is 4.79 Å². The maximum atomic E-state index is 12.9. The summed E-state index contributed by atoms with van der Waals surface area (Å²) in [7, 11) is -1.51. The van der Waals surface area contributed by atoms with E-state index in [0.29, 0.717) is 12.8 Å². The molecule has 0 aromatic heterocycles. The molecule has 5 atom stereocenters. The number of hydroxylamine groups is 1. The van der Waals surface area contributed by atoms with Gasteiger partial charge in [0.1, 0.15) is 5.60 Å². The van der Waals surface area contributed by atoms with Crippen molar-refractivity contribution in [1.82, 2.24) is 10.4 Å². The highest BCUT2D eigenvalue weighted by Gasteiger charge is 2.58. The Hall–Kier alpha value is -1.70. The van der Waals surface area contributed by atoms with Gasteiger partial charge in [-0.3, -0.25) is 23.9 Å². The molecule has 31 heavy (non-hydrogen) atoms. The average Bonchev–Trinajstić information content (AvgIpc) is 3.36. The van der Waals surface area contributed by atoms with E-state index in [4.69, 9.17) is 14.1 Å². The molecule has 10 heteroatoms. The Balaban J connectivity index is 1.37. The molecule has 0 aromatic carbocycles. The number of carbonyl (C=O) groups excluding carboxylic acids is 3. The zero-order chi connectivity index (χ0) is 22.8. The number of allylic oxidation sites excluding steroid dienone is 2. The molecule has 1 aliphatic heterocycles. The van der Waals surface area contributed by atoms with Gasteiger partial charge in [0.2, 0.25) is 19.2 Å². The Bertz CT molecular complexity index is 761. The molecule has 3 aliphatic rings. The maximum Gasteiger partial charge on any atom is 0.431 e. The van der Waals surface area contributed by atoms with Crippen LogP contribution in [0, 0.1) is 23.7 Å². The fraction of sp³-hybridized carbons (Fsp3) is 0.762. The maximum absolute atomic E-state index is 12.9. The quantitative estimate of drug-likeness (QED) is 0.177. The summed E-state index contributed by atoms with van der Waals surface area (Å²) in [6.07, 6.45) is 5.77. The second-order valence-corrected chi connectivity index (χ2v) is 12.3. The minimum Gasteiger partial charge on any atom is -0.442 e. The van der Waals surface area contributed by atoms with Crippen LogP contribution >= 0.6 is 7.37 Å². The number of imide groups is 1. The molecule has 0 spiro atoms. The number of nitrogens with zero attached hydrogens (tertiary/aromatic N) is 1. The third kappa shape index (κ3) is 5.57. The standard InChI is InChI=1S/C21H33N2O7P/c1-21(2,3)30-20(26)22-29-10-6-12-31(27,28-4)11-5-9-23-18(24)16-14-7-8-15(13-14)17(16)19(23)25/h7-8,14-17H,5-6,9-13H2,1-4H3,(H,22,26)/t14?,15?,16-,17?,31?/m1/s1. The predicted octanol–water partition coefficient (Wildman–Crippen LogP) is 2.95. The number of rotatable bonds is 10. The van der Waals surface area contributed by atoms with Crippen LogP contribution in [0.3, 0.4) is 0 Å². The van der Waals surface area contributed by atoms with Crippen molar-refractivity contribution in [3.05, 3.63) is 12.2 Å². The molecule has 9 nitrogen and oxygen atoms in total. The lowest BCUT2D eigenvalue weighted by Gasteiger charge is -2.20. The van der Waals surface area contributed by atoms with Gasteiger partial charge >= 0.3 is 6.09 Å². The Morgan fingerprint density at radius 2 is 1.71 bits per heavy atom. The van der Waals surface area contributed by atoms with E-state index in [1.807, 2.05) is 0 Å². The Morgan fingerprint density at radius 3 is 2.26 bits per heavy atom. The van der Waals surface area contributed by atoms with Gasteiger partial charge in [-0.25, -0.2) is 4.79 Å². The first-order valence-corrected chi connectivity index (χ1v) is 12.8. The molecule has 2 bridgehead atoms. The minimum atomic E-state index is -2.91.